The van der Waals surface area contributed by atoms with Gasteiger partial charge in [0.25, 0.3) is 0 Å². The standard InChI is InChI=1S/C12H20N4/c1-10(2)16(11-5-3-7-13-9-11)12-6-4-8-14-15-12/h4,6,8,10-11,13H,3,5,7,9H2,1-2H3. The van der Waals surface area contributed by atoms with Crippen LogP contribution in [0.3, 0.4) is 0 Å². The summed E-state index contributed by atoms with van der Waals surface area (Å²) in [5.74, 6) is 0.992. The summed E-state index contributed by atoms with van der Waals surface area (Å²) in [6.07, 6.45) is 4.21. The molecule has 88 valence electrons. The maximum atomic E-state index is 4.22. The molecule has 0 bridgehead atoms. The number of hydrogen-bond acceptors (Lipinski definition) is 4. The smallest absolute Gasteiger partial charge is 0.151 e. The summed E-state index contributed by atoms with van der Waals surface area (Å²) >= 11 is 0. The van der Waals surface area contributed by atoms with Crippen LogP contribution >= 0.6 is 0 Å². The van der Waals surface area contributed by atoms with Crippen molar-refractivity contribution in [3.05, 3.63) is 18.3 Å². The summed E-state index contributed by atoms with van der Waals surface area (Å²) in [5.41, 5.74) is 0. The van der Waals surface area contributed by atoms with Crippen LogP contribution in [0, 0.1) is 0 Å². The average molecular weight is 220 g/mol. The zero-order valence-electron chi connectivity index (χ0n) is 10.1. The molecule has 0 amide bonds. The Labute approximate surface area is 97.1 Å². The van der Waals surface area contributed by atoms with Crippen molar-refractivity contribution in [3.8, 4) is 0 Å². The third-order valence-electron chi connectivity index (χ3n) is 3.04. The second kappa shape index (κ2) is 5.25. The Morgan fingerprint density at radius 1 is 1.50 bits per heavy atom. The van der Waals surface area contributed by atoms with Gasteiger partial charge in [0.1, 0.15) is 0 Å². The van der Waals surface area contributed by atoms with Crippen LogP contribution in [0.2, 0.25) is 0 Å². The topological polar surface area (TPSA) is 41.1 Å². The van der Waals surface area contributed by atoms with Crippen LogP contribution < -0.4 is 10.2 Å². The molecule has 4 nitrogen and oxygen atoms in total. The summed E-state index contributed by atoms with van der Waals surface area (Å²) in [6, 6.07) is 5.00. The normalized spacial score (nSPS) is 21.1. The van der Waals surface area contributed by atoms with E-state index in [2.05, 4.69) is 34.3 Å². The molecule has 1 saturated heterocycles. The lowest BCUT2D eigenvalue weighted by molar-refractivity contribution is 0.411. The Bertz CT molecular complexity index is 306. The molecule has 1 N–H and O–H groups in total. The van der Waals surface area contributed by atoms with E-state index in [0.717, 1.165) is 18.9 Å². The Morgan fingerprint density at radius 2 is 2.38 bits per heavy atom. The van der Waals surface area contributed by atoms with Crippen LogP contribution in [-0.2, 0) is 0 Å². The fourth-order valence-corrected chi connectivity index (χ4v) is 2.38. The molecule has 2 rings (SSSR count). The Hall–Kier alpha value is -1.16. The first-order valence-corrected chi connectivity index (χ1v) is 6.06. The van der Waals surface area contributed by atoms with Gasteiger partial charge in [0, 0.05) is 24.8 Å². The van der Waals surface area contributed by atoms with Crippen LogP contribution in [0.1, 0.15) is 26.7 Å². The summed E-state index contributed by atoms with van der Waals surface area (Å²) in [6.45, 7) is 6.62. The number of rotatable bonds is 3. The molecule has 0 aliphatic carbocycles. The van der Waals surface area contributed by atoms with Gasteiger partial charge in [-0.25, -0.2) is 0 Å². The van der Waals surface area contributed by atoms with E-state index in [0.29, 0.717) is 12.1 Å². The van der Waals surface area contributed by atoms with Gasteiger partial charge in [-0.3, -0.25) is 0 Å². The predicted octanol–water partition coefficient (Wildman–Crippen LogP) is 1.44. The number of piperidine rings is 1. The minimum atomic E-state index is 0.460. The van der Waals surface area contributed by atoms with Crippen molar-refractivity contribution in [2.45, 2.75) is 38.8 Å². The first kappa shape index (κ1) is 11.3. The monoisotopic (exact) mass is 220 g/mol. The molecule has 1 unspecified atom stereocenters. The zero-order valence-corrected chi connectivity index (χ0v) is 10.1. The number of hydrogen-bond donors (Lipinski definition) is 1. The second-order valence-electron chi connectivity index (χ2n) is 4.58. The molecule has 16 heavy (non-hydrogen) atoms. The van der Waals surface area contributed by atoms with Gasteiger partial charge in [-0.15, -0.1) is 5.10 Å². The lowest BCUT2D eigenvalue weighted by Crippen LogP contribution is -2.49. The Morgan fingerprint density at radius 3 is 2.94 bits per heavy atom. The molecule has 1 aromatic rings. The fourth-order valence-electron chi connectivity index (χ4n) is 2.38. The number of aromatic nitrogens is 2. The molecule has 1 aliphatic rings. The van der Waals surface area contributed by atoms with Crippen LogP contribution in [0.25, 0.3) is 0 Å². The highest BCUT2D eigenvalue weighted by atomic mass is 15.3. The molecular formula is C12H20N4. The van der Waals surface area contributed by atoms with E-state index < -0.39 is 0 Å². The molecule has 4 heteroatoms. The van der Waals surface area contributed by atoms with Crippen LogP contribution in [0.4, 0.5) is 5.82 Å². The third kappa shape index (κ3) is 2.50. The summed E-state index contributed by atoms with van der Waals surface area (Å²) in [4.78, 5) is 2.37. The highest BCUT2D eigenvalue weighted by molar-refractivity contribution is 5.39. The maximum absolute atomic E-state index is 4.22. The molecular weight excluding hydrogens is 200 g/mol. The van der Waals surface area contributed by atoms with Crippen molar-refractivity contribution >= 4 is 5.82 Å². The first-order chi connectivity index (χ1) is 7.79. The molecule has 1 atom stereocenters. The molecule has 2 heterocycles. The molecule has 1 aromatic heterocycles. The minimum absolute atomic E-state index is 0.460. The molecule has 0 spiro atoms. The van der Waals surface area contributed by atoms with E-state index in [9.17, 15) is 0 Å². The lowest BCUT2D eigenvalue weighted by atomic mass is 10.0. The SMILES string of the molecule is CC(C)N(c1cccnn1)C1CCCNC1. The van der Waals surface area contributed by atoms with Gasteiger partial charge in [0.05, 0.1) is 0 Å². The average Bonchev–Trinajstić information content (AvgIpc) is 2.31. The maximum Gasteiger partial charge on any atom is 0.151 e. The summed E-state index contributed by atoms with van der Waals surface area (Å²) < 4.78 is 0. The van der Waals surface area contributed by atoms with E-state index in [1.165, 1.54) is 12.8 Å². The van der Waals surface area contributed by atoms with Crippen molar-refractivity contribution in [2.75, 3.05) is 18.0 Å². The zero-order chi connectivity index (χ0) is 11.4. The quantitative estimate of drug-likeness (QED) is 0.837. The van der Waals surface area contributed by atoms with E-state index in [1.54, 1.807) is 6.20 Å². The van der Waals surface area contributed by atoms with Crippen LogP contribution in [0.5, 0.6) is 0 Å². The van der Waals surface area contributed by atoms with Crippen LogP contribution in [0.15, 0.2) is 18.3 Å². The molecule has 0 aromatic carbocycles. The summed E-state index contributed by atoms with van der Waals surface area (Å²) in [7, 11) is 0. The van der Waals surface area contributed by atoms with Crippen molar-refractivity contribution in [3.63, 3.8) is 0 Å². The second-order valence-corrected chi connectivity index (χ2v) is 4.58. The molecule has 1 fully saturated rings. The Balaban J connectivity index is 2.16. The molecule has 0 radical (unpaired) electrons. The van der Waals surface area contributed by atoms with Gasteiger partial charge < -0.3 is 10.2 Å². The van der Waals surface area contributed by atoms with Gasteiger partial charge in [-0.05, 0) is 45.4 Å². The largest absolute Gasteiger partial charge is 0.348 e. The first-order valence-electron chi connectivity index (χ1n) is 6.06. The number of anilines is 1. The third-order valence-corrected chi connectivity index (χ3v) is 3.04. The van der Waals surface area contributed by atoms with Gasteiger partial charge >= 0.3 is 0 Å². The minimum Gasteiger partial charge on any atom is -0.348 e. The highest BCUT2D eigenvalue weighted by Gasteiger charge is 2.24. The molecule has 1 aliphatic heterocycles. The van der Waals surface area contributed by atoms with E-state index >= 15 is 0 Å². The predicted molar refractivity (Wildman–Crippen MR) is 65.5 cm³/mol. The van der Waals surface area contributed by atoms with E-state index in [-0.39, 0.29) is 0 Å². The fraction of sp³-hybridized carbons (Fsp3) is 0.667. The Kier molecular flexibility index (Phi) is 3.72. The van der Waals surface area contributed by atoms with Crippen LogP contribution in [-0.4, -0.2) is 35.4 Å². The van der Waals surface area contributed by atoms with Crippen molar-refractivity contribution < 1.29 is 0 Å². The van der Waals surface area contributed by atoms with Crippen molar-refractivity contribution in [1.82, 2.24) is 15.5 Å². The van der Waals surface area contributed by atoms with Gasteiger partial charge in [-0.1, -0.05) is 0 Å². The number of nitrogens with one attached hydrogen (secondary N) is 1. The van der Waals surface area contributed by atoms with Crippen molar-refractivity contribution in [1.29, 1.82) is 0 Å². The number of nitrogens with zero attached hydrogens (tertiary/aromatic N) is 3. The lowest BCUT2D eigenvalue weighted by Gasteiger charge is -2.38. The summed E-state index contributed by atoms with van der Waals surface area (Å²) in [5, 5.41) is 11.6. The molecule has 0 saturated carbocycles. The van der Waals surface area contributed by atoms with Gasteiger partial charge in [-0.2, -0.15) is 5.10 Å². The van der Waals surface area contributed by atoms with Crippen molar-refractivity contribution in [2.24, 2.45) is 0 Å². The van der Waals surface area contributed by atoms with Gasteiger partial charge in [0.2, 0.25) is 0 Å². The van der Waals surface area contributed by atoms with E-state index in [1.807, 2.05) is 12.1 Å². The highest BCUT2D eigenvalue weighted by Crippen LogP contribution is 2.20. The van der Waals surface area contributed by atoms with Gasteiger partial charge in [0.15, 0.2) is 5.82 Å². The van der Waals surface area contributed by atoms with E-state index in [4.69, 9.17) is 0 Å².